The minimum absolute atomic E-state index is 0.0332. The maximum atomic E-state index is 11.9. The first kappa shape index (κ1) is 13.1. The number of likely N-dealkylation sites (N-methyl/N-ethyl adjacent to an activating group) is 1. The normalized spacial score (nSPS) is 14.5. The summed E-state index contributed by atoms with van der Waals surface area (Å²) >= 11 is 0. The highest BCUT2D eigenvalue weighted by Gasteiger charge is 2.30. The number of nitrogens with zero attached hydrogens (tertiary/aromatic N) is 2. The molecule has 1 aromatic rings. The van der Waals surface area contributed by atoms with Crippen molar-refractivity contribution in [1.82, 2.24) is 15.1 Å². The van der Waals surface area contributed by atoms with E-state index >= 15 is 0 Å². The molecule has 4 amide bonds. The molecule has 0 aliphatic carbocycles. The molecule has 1 saturated heterocycles. The second-order valence-electron chi connectivity index (χ2n) is 4.37. The van der Waals surface area contributed by atoms with Gasteiger partial charge in [-0.15, -0.1) is 0 Å². The Labute approximate surface area is 111 Å². The lowest BCUT2D eigenvalue weighted by Crippen LogP contribution is -2.41. The molecule has 100 valence electrons. The van der Waals surface area contributed by atoms with Crippen LogP contribution < -0.4 is 5.32 Å². The Morgan fingerprint density at radius 1 is 1.32 bits per heavy atom. The van der Waals surface area contributed by atoms with E-state index < -0.39 is 6.03 Å². The van der Waals surface area contributed by atoms with Gasteiger partial charge in [-0.1, -0.05) is 30.3 Å². The van der Waals surface area contributed by atoms with Gasteiger partial charge < -0.3 is 10.2 Å². The van der Waals surface area contributed by atoms with Crippen molar-refractivity contribution >= 4 is 17.8 Å². The third kappa shape index (κ3) is 3.09. The van der Waals surface area contributed by atoms with Crippen LogP contribution in [0.3, 0.4) is 0 Å². The summed E-state index contributed by atoms with van der Waals surface area (Å²) in [5.41, 5.74) is 0.996. The average molecular weight is 261 g/mol. The van der Waals surface area contributed by atoms with E-state index in [9.17, 15) is 14.4 Å². The maximum Gasteiger partial charge on any atom is 0.325 e. The molecular formula is C13H15N3O3. The second kappa shape index (κ2) is 5.51. The van der Waals surface area contributed by atoms with Crippen molar-refractivity contribution in [3.05, 3.63) is 35.9 Å². The number of rotatable bonds is 4. The number of nitrogens with one attached hydrogen (secondary N) is 1. The number of carbonyl (C=O) groups excluding carboxylic acids is 3. The molecule has 2 rings (SSSR count). The summed E-state index contributed by atoms with van der Waals surface area (Å²) in [6.07, 6.45) is 0. The number of amides is 4. The Morgan fingerprint density at radius 2 is 2.00 bits per heavy atom. The summed E-state index contributed by atoms with van der Waals surface area (Å²) in [4.78, 5) is 37.1. The van der Waals surface area contributed by atoms with Gasteiger partial charge in [0.25, 0.3) is 5.91 Å². The van der Waals surface area contributed by atoms with Crippen LogP contribution in [0.5, 0.6) is 0 Å². The van der Waals surface area contributed by atoms with Crippen LogP contribution in [0.4, 0.5) is 4.79 Å². The highest BCUT2D eigenvalue weighted by molar-refractivity contribution is 6.04. The van der Waals surface area contributed by atoms with Gasteiger partial charge in [0.15, 0.2) is 0 Å². The van der Waals surface area contributed by atoms with Crippen LogP contribution in [0.2, 0.25) is 0 Å². The first-order valence-corrected chi connectivity index (χ1v) is 5.94. The first-order chi connectivity index (χ1) is 9.08. The SMILES string of the molecule is CN(Cc1ccccc1)C(=O)CN1C(=O)CNC1=O. The van der Waals surface area contributed by atoms with Crippen molar-refractivity contribution in [2.75, 3.05) is 20.1 Å². The van der Waals surface area contributed by atoms with E-state index in [4.69, 9.17) is 0 Å². The molecule has 6 nitrogen and oxygen atoms in total. The smallest absolute Gasteiger partial charge is 0.325 e. The second-order valence-corrected chi connectivity index (χ2v) is 4.37. The van der Waals surface area contributed by atoms with Crippen LogP contribution >= 0.6 is 0 Å². The van der Waals surface area contributed by atoms with Crippen LogP contribution in [0, 0.1) is 0 Å². The molecule has 1 fully saturated rings. The lowest BCUT2D eigenvalue weighted by atomic mass is 10.2. The Bertz CT molecular complexity index is 485. The van der Waals surface area contributed by atoms with Gasteiger partial charge >= 0.3 is 6.03 Å². The molecule has 0 saturated carbocycles. The third-order valence-electron chi connectivity index (χ3n) is 2.92. The molecule has 1 aliphatic heterocycles. The Morgan fingerprint density at radius 3 is 2.58 bits per heavy atom. The molecule has 1 aliphatic rings. The van der Waals surface area contributed by atoms with Gasteiger partial charge in [-0.05, 0) is 5.56 Å². The number of imide groups is 1. The van der Waals surface area contributed by atoms with Crippen molar-refractivity contribution in [1.29, 1.82) is 0 Å². The van der Waals surface area contributed by atoms with Gasteiger partial charge in [0.05, 0.1) is 6.54 Å². The highest BCUT2D eigenvalue weighted by Crippen LogP contribution is 2.05. The van der Waals surface area contributed by atoms with E-state index in [0.717, 1.165) is 10.5 Å². The topological polar surface area (TPSA) is 69.7 Å². The summed E-state index contributed by atoms with van der Waals surface area (Å²) in [5, 5.41) is 2.38. The van der Waals surface area contributed by atoms with Crippen LogP contribution in [0.15, 0.2) is 30.3 Å². The van der Waals surface area contributed by atoms with E-state index in [2.05, 4.69) is 5.32 Å². The summed E-state index contributed by atoms with van der Waals surface area (Å²) in [6.45, 7) is 0.200. The fourth-order valence-corrected chi connectivity index (χ4v) is 1.82. The number of hydrogen-bond donors (Lipinski definition) is 1. The Balaban J connectivity index is 1.93. The largest absolute Gasteiger partial charge is 0.340 e. The molecule has 1 aromatic carbocycles. The van der Waals surface area contributed by atoms with Gasteiger partial charge in [0.2, 0.25) is 5.91 Å². The van der Waals surface area contributed by atoms with Crippen LogP contribution in [-0.4, -0.2) is 47.8 Å². The average Bonchev–Trinajstić information content (AvgIpc) is 2.71. The van der Waals surface area contributed by atoms with Crippen molar-refractivity contribution in [3.8, 4) is 0 Å². The number of urea groups is 1. The fraction of sp³-hybridized carbons (Fsp3) is 0.308. The van der Waals surface area contributed by atoms with E-state index in [1.54, 1.807) is 7.05 Å². The zero-order chi connectivity index (χ0) is 13.8. The molecule has 0 spiro atoms. The van der Waals surface area contributed by atoms with Crippen LogP contribution in [0.25, 0.3) is 0 Å². The summed E-state index contributed by atoms with van der Waals surface area (Å²) < 4.78 is 0. The van der Waals surface area contributed by atoms with Gasteiger partial charge in [-0.3, -0.25) is 14.5 Å². The highest BCUT2D eigenvalue weighted by atomic mass is 16.2. The molecule has 19 heavy (non-hydrogen) atoms. The van der Waals surface area contributed by atoms with Crippen molar-refractivity contribution in [2.24, 2.45) is 0 Å². The fourth-order valence-electron chi connectivity index (χ4n) is 1.82. The summed E-state index contributed by atoms with van der Waals surface area (Å²) in [5.74, 6) is -0.638. The van der Waals surface area contributed by atoms with Gasteiger partial charge in [0.1, 0.15) is 6.54 Å². The molecule has 0 aromatic heterocycles. The predicted molar refractivity (Wildman–Crippen MR) is 68.0 cm³/mol. The quantitative estimate of drug-likeness (QED) is 0.787. The third-order valence-corrected chi connectivity index (χ3v) is 2.92. The lowest BCUT2D eigenvalue weighted by molar-refractivity contribution is -0.135. The van der Waals surface area contributed by atoms with Gasteiger partial charge in [-0.25, -0.2) is 4.79 Å². The zero-order valence-electron chi connectivity index (χ0n) is 10.6. The minimum atomic E-state index is -0.508. The van der Waals surface area contributed by atoms with E-state index in [-0.39, 0.29) is 24.9 Å². The molecule has 1 heterocycles. The Hall–Kier alpha value is -2.37. The molecular weight excluding hydrogens is 246 g/mol. The number of carbonyl (C=O) groups is 3. The first-order valence-electron chi connectivity index (χ1n) is 5.94. The molecule has 1 N–H and O–H groups in total. The van der Waals surface area contributed by atoms with Crippen LogP contribution in [-0.2, 0) is 16.1 Å². The van der Waals surface area contributed by atoms with E-state index in [1.165, 1.54) is 4.90 Å². The molecule has 0 bridgehead atoms. The van der Waals surface area contributed by atoms with Crippen LogP contribution in [0.1, 0.15) is 5.56 Å². The molecule has 0 atom stereocenters. The monoisotopic (exact) mass is 261 g/mol. The summed E-state index contributed by atoms with van der Waals surface area (Å²) in [6, 6.07) is 9.01. The van der Waals surface area contributed by atoms with Crippen molar-refractivity contribution in [2.45, 2.75) is 6.54 Å². The molecule has 6 heteroatoms. The van der Waals surface area contributed by atoms with Crippen molar-refractivity contribution in [3.63, 3.8) is 0 Å². The zero-order valence-corrected chi connectivity index (χ0v) is 10.6. The van der Waals surface area contributed by atoms with Crippen molar-refractivity contribution < 1.29 is 14.4 Å². The van der Waals surface area contributed by atoms with Gasteiger partial charge in [-0.2, -0.15) is 0 Å². The maximum absolute atomic E-state index is 11.9. The predicted octanol–water partition coefficient (Wildman–Crippen LogP) is 0.197. The lowest BCUT2D eigenvalue weighted by Gasteiger charge is -2.20. The minimum Gasteiger partial charge on any atom is -0.340 e. The number of benzene rings is 1. The number of hydrogen-bond acceptors (Lipinski definition) is 3. The molecule has 0 radical (unpaired) electrons. The van der Waals surface area contributed by atoms with Gasteiger partial charge in [0, 0.05) is 13.6 Å². The van der Waals surface area contributed by atoms with E-state index in [0.29, 0.717) is 6.54 Å². The standard InChI is InChI=1S/C13H15N3O3/c1-15(8-10-5-3-2-4-6-10)12(18)9-16-11(17)7-14-13(16)19/h2-6H,7-9H2,1H3,(H,14,19). The summed E-state index contributed by atoms with van der Waals surface area (Å²) in [7, 11) is 1.65. The molecule has 0 unspecified atom stereocenters. The Kier molecular flexibility index (Phi) is 3.79. The van der Waals surface area contributed by atoms with E-state index in [1.807, 2.05) is 30.3 Å².